The smallest absolute Gasteiger partial charge is 0.262 e. The first-order chi connectivity index (χ1) is 13.8. The van der Waals surface area contributed by atoms with Gasteiger partial charge in [-0.1, -0.05) is 72.2 Å². The van der Waals surface area contributed by atoms with Gasteiger partial charge in [-0.3, -0.25) is 19.3 Å². The first-order valence-corrected chi connectivity index (χ1v) is 10.4. The molecule has 1 aliphatic heterocycles. The van der Waals surface area contributed by atoms with Gasteiger partial charge in [0, 0.05) is 0 Å². The van der Waals surface area contributed by atoms with Gasteiger partial charge in [0.15, 0.2) is 0 Å². The van der Waals surface area contributed by atoms with Gasteiger partial charge in [0.05, 0.1) is 36.9 Å². The highest BCUT2D eigenvalue weighted by atomic mass is 35.5. The van der Waals surface area contributed by atoms with Crippen molar-refractivity contribution in [3.63, 3.8) is 0 Å². The number of halogens is 4. The van der Waals surface area contributed by atoms with E-state index in [1.807, 2.05) is 6.92 Å². The largest absolute Gasteiger partial charge is 0.323 e. The van der Waals surface area contributed by atoms with Crippen LogP contribution in [0.25, 0.3) is 0 Å². The number of nitrogens with one attached hydrogen (secondary N) is 1. The summed E-state index contributed by atoms with van der Waals surface area (Å²) in [5.41, 5.74) is 0.548. The Morgan fingerprint density at radius 1 is 1.00 bits per heavy atom. The summed E-state index contributed by atoms with van der Waals surface area (Å²) in [5.74, 6) is -1.71. The van der Waals surface area contributed by atoms with E-state index in [-0.39, 0.29) is 31.2 Å². The summed E-state index contributed by atoms with van der Waals surface area (Å²) < 4.78 is 0. The number of anilines is 1. The zero-order chi connectivity index (χ0) is 21.3. The fourth-order valence-corrected chi connectivity index (χ4v) is 3.80. The summed E-state index contributed by atoms with van der Waals surface area (Å²) in [4.78, 5) is 39.9. The van der Waals surface area contributed by atoms with E-state index >= 15 is 0 Å². The van der Waals surface area contributed by atoms with Gasteiger partial charge in [-0.2, -0.15) is 0 Å². The van der Waals surface area contributed by atoms with Crippen LogP contribution < -0.4 is 5.32 Å². The molecule has 2 aromatic rings. The first kappa shape index (κ1) is 21.9. The SMILES string of the molecule is CCCC[C@@H](C(=O)Nc1cccc(Cl)c1Cl)N1C(=O)c2cc(Cl)c(Cl)cc2C1=O. The Morgan fingerprint density at radius 2 is 1.59 bits per heavy atom. The molecule has 0 bridgehead atoms. The van der Waals surface area contributed by atoms with Crippen LogP contribution in [0.1, 0.15) is 46.9 Å². The molecule has 0 saturated heterocycles. The van der Waals surface area contributed by atoms with Gasteiger partial charge < -0.3 is 5.32 Å². The zero-order valence-electron chi connectivity index (χ0n) is 15.3. The molecule has 2 aromatic carbocycles. The van der Waals surface area contributed by atoms with E-state index in [9.17, 15) is 14.4 Å². The molecule has 1 N–H and O–H groups in total. The fraction of sp³-hybridized carbons (Fsp3) is 0.250. The lowest BCUT2D eigenvalue weighted by Gasteiger charge is -2.25. The predicted molar refractivity (Wildman–Crippen MR) is 115 cm³/mol. The fourth-order valence-electron chi connectivity index (χ4n) is 3.13. The molecule has 1 heterocycles. The molecule has 1 aliphatic rings. The standard InChI is InChI=1S/C20H16Cl4N2O3/c1-2-3-7-16(18(27)25-15-6-4-5-12(21)17(15)24)26-19(28)10-8-13(22)14(23)9-11(10)20(26)29/h4-6,8-9,16H,2-3,7H2,1H3,(H,25,27)/t16-/m0/s1. The summed E-state index contributed by atoms with van der Waals surface area (Å²) >= 11 is 24.1. The summed E-state index contributed by atoms with van der Waals surface area (Å²) in [6.45, 7) is 1.95. The number of unbranched alkanes of at least 4 members (excludes halogenated alkanes) is 1. The van der Waals surface area contributed by atoms with Crippen LogP contribution in [-0.4, -0.2) is 28.7 Å². The van der Waals surface area contributed by atoms with Gasteiger partial charge in [0.25, 0.3) is 11.8 Å². The molecule has 0 fully saturated rings. The number of carbonyl (C=O) groups excluding carboxylic acids is 3. The van der Waals surface area contributed by atoms with Crippen LogP contribution in [0, 0.1) is 0 Å². The van der Waals surface area contributed by atoms with E-state index in [4.69, 9.17) is 46.4 Å². The van der Waals surface area contributed by atoms with E-state index in [1.165, 1.54) is 12.1 Å². The van der Waals surface area contributed by atoms with Crippen LogP contribution in [0.2, 0.25) is 20.1 Å². The Labute approximate surface area is 187 Å². The number of benzene rings is 2. The van der Waals surface area contributed by atoms with Crippen molar-refractivity contribution in [2.75, 3.05) is 5.32 Å². The second-order valence-electron chi connectivity index (χ2n) is 6.54. The summed E-state index contributed by atoms with van der Waals surface area (Å²) in [6.07, 6.45) is 1.71. The lowest BCUT2D eigenvalue weighted by molar-refractivity contribution is -0.120. The minimum atomic E-state index is -1.02. The Kier molecular flexibility index (Phi) is 6.74. The van der Waals surface area contributed by atoms with Crippen molar-refractivity contribution in [3.05, 3.63) is 61.5 Å². The minimum Gasteiger partial charge on any atom is -0.323 e. The van der Waals surface area contributed by atoms with Crippen molar-refractivity contribution in [1.29, 1.82) is 0 Å². The number of hydrogen-bond acceptors (Lipinski definition) is 3. The zero-order valence-corrected chi connectivity index (χ0v) is 18.3. The van der Waals surface area contributed by atoms with Crippen molar-refractivity contribution in [2.45, 2.75) is 32.2 Å². The Hall–Kier alpha value is -1.79. The van der Waals surface area contributed by atoms with Crippen molar-refractivity contribution < 1.29 is 14.4 Å². The van der Waals surface area contributed by atoms with E-state index in [0.29, 0.717) is 18.5 Å². The van der Waals surface area contributed by atoms with Crippen molar-refractivity contribution in [1.82, 2.24) is 4.90 Å². The molecule has 0 radical (unpaired) electrons. The normalized spacial score (nSPS) is 14.2. The number of imide groups is 1. The number of amides is 3. The number of fused-ring (bicyclic) bond motifs is 1. The molecule has 152 valence electrons. The number of rotatable bonds is 6. The van der Waals surface area contributed by atoms with Gasteiger partial charge >= 0.3 is 0 Å². The molecule has 29 heavy (non-hydrogen) atoms. The van der Waals surface area contributed by atoms with Gasteiger partial charge in [0.2, 0.25) is 5.91 Å². The molecular weight excluding hydrogens is 458 g/mol. The third kappa shape index (κ3) is 4.24. The van der Waals surface area contributed by atoms with Crippen LogP contribution in [0.3, 0.4) is 0 Å². The number of carbonyl (C=O) groups is 3. The van der Waals surface area contributed by atoms with E-state index in [0.717, 1.165) is 11.3 Å². The lowest BCUT2D eigenvalue weighted by Crippen LogP contribution is -2.47. The Bertz CT molecular complexity index is 968. The molecule has 0 aromatic heterocycles. The van der Waals surface area contributed by atoms with Gasteiger partial charge in [-0.05, 0) is 30.7 Å². The molecule has 0 saturated carbocycles. The summed E-state index contributed by atoms with van der Waals surface area (Å²) in [5, 5.41) is 3.45. The first-order valence-electron chi connectivity index (χ1n) is 8.88. The van der Waals surface area contributed by atoms with Crippen LogP contribution in [0.5, 0.6) is 0 Å². The van der Waals surface area contributed by atoms with Gasteiger partial charge in [-0.15, -0.1) is 0 Å². The van der Waals surface area contributed by atoms with Crippen LogP contribution >= 0.6 is 46.4 Å². The van der Waals surface area contributed by atoms with E-state index in [1.54, 1.807) is 18.2 Å². The topological polar surface area (TPSA) is 66.5 Å². The van der Waals surface area contributed by atoms with E-state index < -0.39 is 23.8 Å². The number of hydrogen-bond donors (Lipinski definition) is 1. The summed E-state index contributed by atoms with van der Waals surface area (Å²) in [7, 11) is 0. The molecule has 3 amide bonds. The van der Waals surface area contributed by atoms with Crippen LogP contribution in [0.15, 0.2) is 30.3 Å². The lowest BCUT2D eigenvalue weighted by atomic mass is 10.1. The average Bonchev–Trinajstić information content (AvgIpc) is 2.91. The molecule has 9 heteroatoms. The monoisotopic (exact) mass is 472 g/mol. The maximum atomic E-state index is 13.0. The van der Waals surface area contributed by atoms with Crippen molar-refractivity contribution in [2.24, 2.45) is 0 Å². The van der Waals surface area contributed by atoms with Gasteiger partial charge in [-0.25, -0.2) is 0 Å². The molecule has 3 rings (SSSR count). The molecule has 0 spiro atoms. The molecule has 1 atom stereocenters. The highest BCUT2D eigenvalue weighted by Crippen LogP contribution is 2.34. The molecule has 0 unspecified atom stereocenters. The predicted octanol–water partition coefficient (Wildman–Crippen LogP) is 6.09. The Morgan fingerprint density at radius 3 is 2.14 bits per heavy atom. The third-order valence-electron chi connectivity index (χ3n) is 4.61. The third-order valence-corrected chi connectivity index (χ3v) is 6.15. The highest BCUT2D eigenvalue weighted by Gasteiger charge is 2.43. The summed E-state index contributed by atoms with van der Waals surface area (Å²) in [6, 6.07) is 6.49. The second-order valence-corrected chi connectivity index (χ2v) is 8.14. The van der Waals surface area contributed by atoms with Crippen LogP contribution in [-0.2, 0) is 4.79 Å². The average molecular weight is 474 g/mol. The number of nitrogens with zero attached hydrogens (tertiary/aromatic N) is 1. The quantitative estimate of drug-likeness (QED) is 0.516. The maximum Gasteiger partial charge on any atom is 0.262 e. The highest BCUT2D eigenvalue weighted by molar-refractivity contribution is 6.44. The van der Waals surface area contributed by atoms with Gasteiger partial charge in [0.1, 0.15) is 6.04 Å². The van der Waals surface area contributed by atoms with E-state index in [2.05, 4.69) is 5.32 Å². The minimum absolute atomic E-state index is 0.125. The Balaban J connectivity index is 1.94. The van der Waals surface area contributed by atoms with Crippen LogP contribution in [0.4, 0.5) is 5.69 Å². The molecule has 5 nitrogen and oxygen atoms in total. The maximum absolute atomic E-state index is 13.0. The second kappa shape index (κ2) is 8.92. The molecular formula is C20H16Cl4N2O3. The molecule has 0 aliphatic carbocycles. The van der Waals surface area contributed by atoms with Crippen molar-refractivity contribution in [3.8, 4) is 0 Å². The van der Waals surface area contributed by atoms with Crippen molar-refractivity contribution >= 4 is 69.8 Å².